The lowest BCUT2D eigenvalue weighted by Gasteiger charge is -2.19. The number of nitrogens with one attached hydrogen (secondary N) is 1. The SMILES string of the molecule is CCOc1ccc2sc(NC(=O)C3CCCCC3)nc2c1. The van der Waals surface area contributed by atoms with Crippen molar-refractivity contribution in [2.45, 2.75) is 39.0 Å². The number of benzene rings is 1. The van der Waals surface area contributed by atoms with Crippen molar-refractivity contribution < 1.29 is 9.53 Å². The highest BCUT2D eigenvalue weighted by Crippen LogP contribution is 2.30. The van der Waals surface area contributed by atoms with E-state index in [0.717, 1.165) is 41.6 Å². The third-order valence-electron chi connectivity index (χ3n) is 3.88. The van der Waals surface area contributed by atoms with E-state index in [1.54, 1.807) is 0 Å². The van der Waals surface area contributed by atoms with E-state index < -0.39 is 0 Å². The number of hydrogen-bond donors (Lipinski definition) is 1. The van der Waals surface area contributed by atoms with Crippen LogP contribution in [0.5, 0.6) is 5.75 Å². The van der Waals surface area contributed by atoms with Gasteiger partial charge < -0.3 is 10.1 Å². The van der Waals surface area contributed by atoms with Crippen LogP contribution in [0.4, 0.5) is 5.13 Å². The Morgan fingerprint density at radius 1 is 1.38 bits per heavy atom. The van der Waals surface area contributed by atoms with Gasteiger partial charge in [0.05, 0.1) is 16.8 Å². The van der Waals surface area contributed by atoms with Crippen LogP contribution in [0.2, 0.25) is 0 Å². The maximum absolute atomic E-state index is 12.2. The lowest BCUT2D eigenvalue weighted by Crippen LogP contribution is -2.24. The molecule has 0 saturated heterocycles. The summed E-state index contributed by atoms with van der Waals surface area (Å²) in [7, 11) is 0. The van der Waals surface area contributed by atoms with Crippen LogP contribution in [-0.4, -0.2) is 17.5 Å². The molecule has 1 saturated carbocycles. The zero-order chi connectivity index (χ0) is 14.7. The molecule has 0 radical (unpaired) electrons. The molecular weight excluding hydrogens is 284 g/mol. The second-order valence-electron chi connectivity index (χ2n) is 5.41. The predicted octanol–water partition coefficient (Wildman–Crippen LogP) is 4.21. The number of aromatic nitrogens is 1. The molecule has 21 heavy (non-hydrogen) atoms. The van der Waals surface area contributed by atoms with Gasteiger partial charge in [0.15, 0.2) is 5.13 Å². The average molecular weight is 304 g/mol. The van der Waals surface area contributed by atoms with Crippen molar-refractivity contribution >= 4 is 32.6 Å². The first-order chi connectivity index (χ1) is 10.3. The monoisotopic (exact) mass is 304 g/mol. The number of thiazole rings is 1. The van der Waals surface area contributed by atoms with Crippen LogP contribution in [0, 0.1) is 5.92 Å². The Morgan fingerprint density at radius 3 is 2.95 bits per heavy atom. The van der Waals surface area contributed by atoms with Crippen LogP contribution in [0.25, 0.3) is 10.2 Å². The van der Waals surface area contributed by atoms with Gasteiger partial charge in [0.25, 0.3) is 0 Å². The molecule has 1 aliphatic rings. The number of hydrogen-bond acceptors (Lipinski definition) is 4. The number of rotatable bonds is 4. The number of nitrogens with zero attached hydrogens (tertiary/aromatic N) is 1. The number of carbonyl (C=O) groups is 1. The van der Waals surface area contributed by atoms with Crippen molar-refractivity contribution in [2.24, 2.45) is 5.92 Å². The molecule has 1 aromatic heterocycles. The number of fused-ring (bicyclic) bond motifs is 1. The minimum absolute atomic E-state index is 0.124. The van der Waals surface area contributed by atoms with Crippen LogP contribution < -0.4 is 10.1 Å². The summed E-state index contributed by atoms with van der Waals surface area (Å²) in [6.07, 6.45) is 5.59. The second kappa shape index (κ2) is 6.43. The molecule has 112 valence electrons. The topological polar surface area (TPSA) is 51.2 Å². The first kappa shape index (κ1) is 14.3. The number of carbonyl (C=O) groups excluding carboxylic acids is 1. The highest BCUT2D eigenvalue weighted by atomic mass is 32.1. The molecule has 0 unspecified atom stereocenters. The molecule has 3 rings (SSSR count). The van der Waals surface area contributed by atoms with Gasteiger partial charge in [0.2, 0.25) is 5.91 Å². The summed E-state index contributed by atoms with van der Waals surface area (Å²) in [5, 5.41) is 3.67. The van der Waals surface area contributed by atoms with Gasteiger partial charge in [-0.2, -0.15) is 0 Å². The minimum Gasteiger partial charge on any atom is -0.494 e. The van der Waals surface area contributed by atoms with Crippen LogP contribution in [0.15, 0.2) is 18.2 Å². The van der Waals surface area contributed by atoms with Crippen molar-refractivity contribution in [3.8, 4) is 5.75 Å². The summed E-state index contributed by atoms with van der Waals surface area (Å²) in [5.74, 6) is 1.10. The van der Waals surface area contributed by atoms with Crippen LogP contribution in [-0.2, 0) is 4.79 Å². The van der Waals surface area contributed by atoms with Crippen molar-refractivity contribution in [2.75, 3.05) is 11.9 Å². The normalized spacial score (nSPS) is 16.0. The third-order valence-corrected chi connectivity index (χ3v) is 4.83. The van der Waals surface area contributed by atoms with Gasteiger partial charge in [-0.3, -0.25) is 4.79 Å². The van der Waals surface area contributed by atoms with Crippen LogP contribution in [0.3, 0.4) is 0 Å². The maximum Gasteiger partial charge on any atom is 0.229 e. The van der Waals surface area contributed by atoms with Gasteiger partial charge >= 0.3 is 0 Å². The fourth-order valence-electron chi connectivity index (χ4n) is 2.79. The molecule has 0 aliphatic heterocycles. The summed E-state index contributed by atoms with van der Waals surface area (Å²) in [4.78, 5) is 16.7. The van der Waals surface area contributed by atoms with Gasteiger partial charge in [-0.05, 0) is 31.9 Å². The Balaban J connectivity index is 1.73. The summed E-state index contributed by atoms with van der Waals surface area (Å²) < 4.78 is 6.54. The second-order valence-corrected chi connectivity index (χ2v) is 6.44. The number of ether oxygens (including phenoxy) is 1. The van der Waals surface area contributed by atoms with Crippen molar-refractivity contribution in [1.82, 2.24) is 4.98 Å². The Bertz CT molecular complexity index is 632. The minimum atomic E-state index is 0.124. The quantitative estimate of drug-likeness (QED) is 0.920. The molecule has 2 aromatic rings. The lowest BCUT2D eigenvalue weighted by molar-refractivity contribution is -0.120. The first-order valence-electron chi connectivity index (χ1n) is 7.60. The molecule has 1 aromatic carbocycles. The van der Waals surface area contributed by atoms with E-state index >= 15 is 0 Å². The van der Waals surface area contributed by atoms with E-state index in [9.17, 15) is 4.79 Å². The molecule has 1 fully saturated rings. The zero-order valence-electron chi connectivity index (χ0n) is 12.2. The van der Waals surface area contributed by atoms with Crippen molar-refractivity contribution in [1.29, 1.82) is 0 Å². The van der Waals surface area contributed by atoms with Gasteiger partial charge in [-0.1, -0.05) is 30.6 Å². The third kappa shape index (κ3) is 3.35. The predicted molar refractivity (Wildman–Crippen MR) is 86.0 cm³/mol. The van der Waals surface area contributed by atoms with Crippen molar-refractivity contribution in [3.63, 3.8) is 0 Å². The highest BCUT2D eigenvalue weighted by molar-refractivity contribution is 7.22. The number of anilines is 1. The van der Waals surface area contributed by atoms with Crippen molar-refractivity contribution in [3.05, 3.63) is 18.2 Å². The van der Waals surface area contributed by atoms with E-state index in [0.29, 0.717) is 11.7 Å². The molecular formula is C16H20N2O2S. The Kier molecular flexibility index (Phi) is 4.39. The van der Waals surface area contributed by atoms with Gasteiger partial charge in [0, 0.05) is 12.0 Å². The average Bonchev–Trinajstić information content (AvgIpc) is 2.90. The Hall–Kier alpha value is -1.62. The molecule has 0 bridgehead atoms. The zero-order valence-corrected chi connectivity index (χ0v) is 13.0. The van der Waals surface area contributed by atoms with Gasteiger partial charge in [-0.25, -0.2) is 4.98 Å². The fourth-order valence-corrected chi connectivity index (χ4v) is 3.64. The smallest absolute Gasteiger partial charge is 0.229 e. The van der Waals surface area contributed by atoms with E-state index in [1.807, 2.05) is 25.1 Å². The number of amides is 1. The Labute approximate surface area is 128 Å². The summed E-state index contributed by atoms with van der Waals surface area (Å²) in [6, 6.07) is 5.86. The maximum atomic E-state index is 12.2. The molecule has 4 nitrogen and oxygen atoms in total. The molecule has 1 heterocycles. The van der Waals surface area contributed by atoms with Gasteiger partial charge in [-0.15, -0.1) is 0 Å². The van der Waals surface area contributed by atoms with Crippen LogP contribution >= 0.6 is 11.3 Å². The Morgan fingerprint density at radius 2 is 2.19 bits per heavy atom. The molecule has 1 amide bonds. The largest absolute Gasteiger partial charge is 0.494 e. The van der Waals surface area contributed by atoms with Gasteiger partial charge in [0.1, 0.15) is 5.75 Å². The van der Waals surface area contributed by atoms with E-state index in [-0.39, 0.29) is 11.8 Å². The molecule has 5 heteroatoms. The molecule has 0 spiro atoms. The van der Waals surface area contributed by atoms with Crippen LogP contribution in [0.1, 0.15) is 39.0 Å². The lowest BCUT2D eigenvalue weighted by atomic mass is 9.89. The summed E-state index contributed by atoms with van der Waals surface area (Å²) >= 11 is 1.52. The van der Waals surface area contributed by atoms with E-state index in [4.69, 9.17) is 4.74 Å². The molecule has 1 aliphatic carbocycles. The van der Waals surface area contributed by atoms with E-state index in [1.165, 1.54) is 17.8 Å². The fraction of sp³-hybridized carbons (Fsp3) is 0.500. The first-order valence-corrected chi connectivity index (χ1v) is 8.42. The standard InChI is InChI=1S/C16H20N2O2S/c1-2-20-12-8-9-14-13(10-12)17-16(21-14)18-15(19)11-6-4-3-5-7-11/h8-11H,2-7H2,1H3,(H,17,18,19). The molecule has 0 atom stereocenters. The van der Waals surface area contributed by atoms with E-state index in [2.05, 4.69) is 10.3 Å². The molecule has 1 N–H and O–H groups in total. The summed E-state index contributed by atoms with van der Waals surface area (Å²) in [6.45, 7) is 2.60. The summed E-state index contributed by atoms with van der Waals surface area (Å²) in [5.41, 5.74) is 0.880. The highest BCUT2D eigenvalue weighted by Gasteiger charge is 2.22.